The van der Waals surface area contributed by atoms with Gasteiger partial charge in [-0.3, -0.25) is 4.79 Å². The van der Waals surface area contributed by atoms with Crippen LogP contribution in [0.1, 0.15) is 57.8 Å². The topological polar surface area (TPSA) is 51.7 Å². The van der Waals surface area contributed by atoms with Crippen molar-refractivity contribution in [3.8, 4) is 10.9 Å². The summed E-state index contributed by atoms with van der Waals surface area (Å²) in [5, 5.41) is 0.713. The first kappa shape index (κ1) is 19.5. The lowest BCUT2D eigenvalue weighted by molar-refractivity contribution is -0.133. The van der Waals surface area contributed by atoms with Crippen LogP contribution in [0.15, 0.2) is 18.2 Å². The molecule has 1 aliphatic carbocycles. The second-order valence-electron chi connectivity index (χ2n) is 8.05. The summed E-state index contributed by atoms with van der Waals surface area (Å²) in [7, 11) is 1.67. The number of carbonyl (C=O) groups excluding carboxylic acids is 1. The van der Waals surface area contributed by atoms with Crippen LogP contribution in [0.2, 0.25) is 0 Å². The molecule has 6 heteroatoms. The minimum atomic E-state index is 0.143. The second kappa shape index (κ2) is 9.12. The summed E-state index contributed by atoms with van der Waals surface area (Å²) < 4.78 is 12.5. The molecule has 1 saturated carbocycles. The van der Waals surface area contributed by atoms with E-state index in [-0.39, 0.29) is 6.10 Å². The van der Waals surface area contributed by atoms with Gasteiger partial charge in [0.2, 0.25) is 5.91 Å². The maximum atomic E-state index is 12.5. The molecule has 1 aromatic heterocycles. The lowest BCUT2D eigenvalue weighted by atomic mass is 9.86. The molecule has 1 saturated heterocycles. The summed E-state index contributed by atoms with van der Waals surface area (Å²) in [6, 6.07) is 5.88. The molecule has 0 radical (unpaired) electrons. The molecule has 0 unspecified atom stereocenters. The van der Waals surface area contributed by atoms with Gasteiger partial charge >= 0.3 is 0 Å². The largest absolute Gasteiger partial charge is 0.497 e. The van der Waals surface area contributed by atoms with Crippen molar-refractivity contribution in [3.05, 3.63) is 18.2 Å². The Hall–Kier alpha value is -1.82. The van der Waals surface area contributed by atoms with E-state index in [2.05, 4.69) is 4.98 Å². The SMILES string of the molecule is COc1ccc2nc(OC3CCN(C(=O)CCC4CCCCC4)CC3)sc2c1. The molecule has 152 valence electrons. The number of hydrogen-bond acceptors (Lipinski definition) is 5. The van der Waals surface area contributed by atoms with Crippen LogP contribution in [-0.2, 0) is 4.79 Å². The molecule has 4 rings (SSSR count). The number of benzene rings is 1. The number of piperidine rings is 1. The number of thiazole rings is 1. The van der Waals surface area contributed by atoms with Gasteiger partial charge in [-0.2, -0.15) is 0 Å². The molecule has 2 fully saturated rings. The zero-order valence-electron chi connectivity index (χ0n) is 16.7. The number of likely N-dealkylation sites (tertiary alicyclic amines) is 1. The Morgan fingerprint density at radius 3 is 2.71 bits per heavy atom. The first-order chi connectivity index (χ1) is 13.7. The first-order valence-electron chi connectivity index (χ1n) is 10.6. The Balaban J connectivity index is 1.24. The van der Waals surface area contributed by atoms with Gasteiger partial charge in [-0.25, -0.2) is 4.98 Å². The van der Waals surface area contributed by atoms with Gasteiger partial charge in [-0.1, -0.05) is 43.4 Å². The molecule has 2 aromatic rings. The van der Waals surface area contributed by atoms with Crippen LogP contribution in [0, 0.1) is 5.92 Å². The average molecular weight is 403 g/mol. The highest BCUT2D eigenvalue weighted by molar-refractivity contribution is 7.20. The molecule has 2 aliphatic rings. The van der Waals surface area contributed by atoms with Crippen LogP contribution < -0.4 is 9.47 Å². The van der Waals surface area contributed by atoms with Gasteiger partial charge in [0.25, 0.3) is 5.19 Å². The van der Waals surface area contributed by atoms with Gasteiger partial charge in [0.15, 0.2) is 0 Å². The highest BCUT2D eigenvalue weighted by Gasteiger charge is 2.25. The number of nitrogens with zero attached hydrogens (tertiary/aromatic N) is 2. The molecule has 1 aromatic carbocycles. The lowest BCUT2D eigenvalue weighted by Gasteiger charge is -2.32. The van der Waals surface area contributed by atoms with Crippen molar-refractivity contribution in [1.82, 2.24) is 9.88 Å². The fourth-order valence-corrected chi connectivity index (χ4v) is 5.30. The fraction of sp³-hybridized carbons (Fsp3) is 0.636. The third-order valence-corrected chi connectivity index (χ3v) is 7.04. The predicted molar refractivity (Wildman–Crippen MR) is 112 cm³/mol. The van der Waals surface area contributed by atoms with Crippen LogP contribution in [0.25, 0.3) is 10.2 Å². The van der Waals surface area contributed by atoms with E-state index in [0.717, 1.165) is 60.7 Å². The van der Waals surface area contributed by atoms with Crippen molar-refractivity contribution in [2.75, 3.05) is 20.2 Å². The molecule has 1 aliphatic heterocycles. The summed E-state index contributed by atoms with van der Waals surface area (Å²) in [4.78, 5) is 19.2. The number of ether oxygens (including phenoxy) is 2. The number of fused-ring (bicyclic) bond motifs is 1. The molecular formula is C22H30N2O3S. The average Bonchev–Trinajstić information content (AvgIpc) is 3.14. The fourth-order valence-electron chi connectivity index (χ4n) is 4.39. The van der Waals surface area contributed by atoms with Crippen molar-refractivity contribution < 1.29 is 14.3 Å². The first-order valence-corrected chi connectivity index (χ1v) is 11.4. The van der Waals surface area contributed by atoms with E-state index >= 15 is 0 Å². The van der Waals surface area contributed by atoms with Crippen LogP contribution in [0.5, 0.6) is 10.9 Å². The van der Waals surface area contributed by atoms with E-state index in [1.165, 1.54) is 32.1 Å². The second-order valence-corrected chi connectivity index (χ2v) is 9.05. The Morgan fingerprint density at radius 2 is 1.96 bits per heavy atom. The number of aromatic nitrogens is 1. The summed E-state index contributed by atoms with van der Waals surface area (Å²) in [6.45, 7) is 1.60. The van der Waals surface area contributed by atoms with E-state index in [1.807, 2.05) is 23.1 Å². The molecule has 0 spiro atoms. The standard InChI is InChI=1S/C22H30N2O3S/c1-26-18-8-9-19-20(15-18)28-22(23-19)27-17-11-13-24(14-12-17)21(25)10-7-16-5-3-2-4-6-16/h8-9,15-17H,2-7,10-14H2,1H3. The highest BCUT2D eigenvalue weighted by atomic mass is 32.1. The molecule has 5 nitrogen and oxygen atoms in total. The van der Waals surface area contributed by atoms with Crippen LogP contribution in [0.3, 0.4) is 0 Å². The third-order valence-electron chi connectivity index (χ3n) is 6.13. The predicted octanol–water partition coefficient (Wildman–Crippen LogP) is 5.04. The molecule has 2 heterocycles. The van der Waals surface area contributed by atoms with Crippen LogP contribution >= 0.6 is 11.3 Å². The quantitative estimate of drug-likeness (QED) is 0.680. The van der Waals surface area contributed by atoms with Gasteiger partial charge < -0.3 is 14.4 Å². The van der Waals surface area contributed by atoms with Crippen molar-refractivity contribution in [1.29, 1.82) is 0 Å². The van der Waals surface area contributed by atoms with Crippen molar-refractivity contribution in [3.63, 3.8) is 0 Å². The van der Waals surface area contributed by atoms with Gasteiger partial charge in [-0.15, -0.1) is 0 Å². The summed E-state index contributed by atoms with van der Waals surface area (Å²) in [6.07, 6.45) is 10.4. The molecular weight excluding hydrogens is 372 g/mol. The minimum absolute atomic E-state index is 0.143. The number of carbonyl (C=O) groups is 1. The summed E-state index contributed by atoms with van der Waals surface area (Å²) in [5.74, 6) is 1.94. The zero-order chi connectivity index (χ0) is 19.3. The smallest absolute Gasteiger partial charge is 0.274 e. The highest BCUT2D eigenvalue weighted by Crippen LogP contribution is 2.32. The Bertz CT molecular complexity index is 792. The molecule has 0 atom stereocenters. The zero-order valence-corrected chi connectivity index (χ0v) is 17.5. The van der Waals surface area contributed by atoms with Crippen molar-refractivity contribution in [2.24, 2.45) is 5.92 Å². The van der Waals surface area contributed by atoms with E-state index in [9.17, 15) is 4.79 Å². The van der Waals surface area contributed by atoms with E-state index in [0.29, 0.717) is 11.1 Å². The molecule has 0 bridgehead atoms. The van der Waals surface area contributed by atoms with Gasteiger partial charge in [0, 0.05) is 32.4 Å². The number of rotatable bonds is 6. The number of hydrogen-bond donors (Lipinski definition) is 0. The van der Waals surface area contributed by atoms with Gasteiger partial charge in [0.05, 0.1) is 17.3 Å². The van der Waals surface area contributed by atoms with E-state index in [1.54, 1.807) is 18.4 Å². The summed E-state index contributed by atoms with van der Waals surface area (Å²) in [5.41, 5.74) is 0.941. The Kier molecular flexibility index (Phi) is 6.35. The Morgan fingerprint density at radius 1 is 1.18 bits per heavy atom. The lowest BCUT2D eigenvalue weighted by Crippen LogP contribution is -2.41. The van der Waals surface area contributed by atoms with Crippen molar-refractivity contribution >= 4 is 27.5 Å². The molecule has 1 amide bonds. The monoisotopic (exact) mass is 402 g/mol. The van der Waals surface area contributed by atoms with E-state index in [4.69, 9.17) is 9.47 Å². The normalized spacial score (nSPS) is 19.1. The maximum Gasteiger partial charge on any atom is 0.274 e. The van der Waals surface area contributed by atoms with Crippen LogP contribution in [-0.4, -0.2) is 42.1 Å². The maximum absolute atomic E-state index is 12.5. The minimum Gasteiger partial charge on any atom is -0.497 e. The molecule has 0 N–H and O–H groups in total. The van der Waals surface area contributed by atoms with Gasteiger partial charge in [0.1, 0.15) is 11.9 Å². The van der Waals surface area contributed by atoms with Gasteiger partial charge in [-0.05, 0) is 30.5 Å². The molecule has 28 heavy (non-hydrogen) atoms. The number of methoxy groups -OCH3 is 1. The summed E-state index contributed by atoms with van der Waals surface area (Å²) >= 11 is 1.56. The van der Waals surface area contributed by atoms with Crippen molar-refractivity contribution in [2.45, 2.75) is 63.9 Å². The van der Waals surface area contributed by atoms with Crippen LogP contribution in [0.4, 0.5) is 0 Å². The van der Waals surface area contributed by atoms with E-state index < -0.39 is 0 Å². The number of amides is 1. The third kappa shape index (κ3) is 4.77. The Labute approximate surface area is 171 Å².